The van der Waals surface area contributed by atoms with Gasteiger partial charge in [-0.15, -0.1) is 0 Å². The molecule has 0 saturated heterocycles. The molecule has 6 aromatic rings. The molecule has 2 aromatic heterocycles. The van der Waals surface area contributed by atoms with E-state index in [-0.39, 0.29) is 11.2 Å². The number of hydrogen-bond acceptors (Lipinski definition) is 4. The van der Waals surface area contributed by atoms with Crippen molar-refractivity contribution in [3.8, 4) is 22.3 Å². The van der Waals surface area contributed by atoms with Crippen LogP contribution in [0, 0.1) is 11.8 Å². The van der Waals surface area contributed by atoms with E-state index >= 15 is 0 Å². The molecule has 4 unspecified atom stereocenters. The zero-order valence-electron chi connectivity index (χ0n) is 24.7. The number of rotatable bonds is 2. The fourth-order valence-corrected chi connectivity index (χ4v) is 9.16. The number of aliphatic imine (C=N–C) groups is 1. The normalized spacial score (nSPS) is 26.4. The van der Waals surface area contributed by atoms with Crippen LogP contribution in [0.1, 0.15) is 32.6 Å². The van der Waals surface area contributed by atoms with E-state index in [9.17, 15) is 0 Å². The van der Waals surface area contributed by atoms with Gasteiger partial charge in [-0.25, -0.2) is 4.99 Å². The molecule has 0 amide bonds. The van der Waals surface area contributed by atoms with Crippen molar-refractivity contribution in [1.29, 1.82) is 0 Å². The summed E-state index contributed by atoms with van der Waals surface area (Å²) in [6, 6.07) is 37.6. The van der Waals surface area contributed by atoms with Crippen LogP contribution in [0.4, 0.5) is 11.4 Å². The van der Waals surface area contributed by atoms with Gasteiger partial charge in [-0.05, 0) is 84.3 Å². The summed E-state index contributed by atoms with van der Waals surface area (Å²) in [6.07, 6.45) is 8.73. The summed E-state index contributed by atoms with van der Waals surface area (Å²) in [4.78, 5) is 12.6. The van der Waals surface area contributed by atoms with Crippen LogP contribution in [-0.4, -0.2) is 26.7 Å². The molecule has 1 N–H and O–H groups in total. The van der Waals surface area contributed by atoms with Crippen molar-refractivity contribution in [2.75, 3.05) is 10.2 Å². The van der Waals surface area contributed by atoms with Crippen LogP contribution in [0.5, 0.6) is 0 Å². The van der Waals surface area contributed by atoms with Crippen molar-refractivity contribution in [3.05, 3.63) is 116 Å². The lowest BCUT2D eigenvalue weighted by Gasteiger charge is -2.43. The second-order valence-electron chi connectivity index (χ2n) is 13.3. The van der Waals surface area contributed by atoms with Gasteiger partial charge in [0.05, 0.1) is 27.9 Å². The summed E-state index contributed by atoms with van der Waals surface area (Å²) >= 11 is 0. The van der Waals surface area contributed by atoms with Crippen molar-refractivity contribution in [2.45, 2.75) is 43.8 Å². The number of anilines is 2. The Labute approximate surface area is 256 Å². The monoisotopic (exact) mass is 571 g/mol. The Hall–Kier alpha value is -4.90. The SMILES string of the molecule is CC12Nc3ccccc3N1C(n1c3ccccc3c3ccc(-c4ccc(-c5ccncc5)cc4)cc31)=NC13CCCCC1C32. The minimum atomic E-state index is -0.214. The van der Waals surface area contributed by atoms with Crippen molar-refractivity contribution in [3.63, 3.8) is 0 Å². The lowest BCUT2D eigenvalue weighted by molar-refractivity contribution is 0.384. The van der Waals surface area contributed by atoms with E-state index in [1.165, 1.54) is 81.1 Å². The highest BCUT2D eigenvalue weighted by Crippen LogP contribution is 2.70. The topological polar surface area (TPSA) is 45.5 Å². The average molecular weight is 572 g/mol. The molecule has 2 aliphatic heterocycles. The van der Waals surface area contributed by atoms with Gasteiger partial charge >= 0.3 is 0 Å². The Balaban J connectivity index is 1.20. The first-order chi connectivity index (χ1) is 21.7. The first-order valence-electron chi connectivity index (χ1n) is 16.0. The maximum absolute atomic E-state index is 5.85. The highest BCUT2D eigenvalue weighted by atomic mass is 15.5. The zero-order chi connectivity index (χ0) is 29.0. The maximum atomic E-state index is 5.85. The van der Waals surface area contributed by atoms with Gasteiger partial charge in [-0.1, -0.05) is 79.6 Å². The Morgan fingerprint density at radius 1 is 0.727 bits per heavy atom. The fourth-order valence-electron chi connectivity index (χ4n) is 9.16. The number of nitrogens with one attached hydrogen (secondary N) is 1. The zero-order valence-corrected chi connectivity index (χ0v) is 24.7. The molecule has 5 heteroatoms. The Morgan fingerprint density at radius 3 is 2.30 bits per heavy atom. The highest BCUT2D eigenvalue weighted by Gasteiger charge is 2.76. The minimum absolute atomic E-state index is 0.0198. The largest absolute Gasteiger partial charge is 0.361 e. The quantitative estimate of drug-likeness (QED) is 0.226. The van der Waals surface area contributed by atoms with Gasteiger partial charge in [0.25, 0.3) is 0 Å². The predicted octanol–water partition coefficient (Wildman–Crippen LogP) is 8.95. The van der Waals surface area contributed by atoms with Crippen LogP contribution in [0.25, 0.3) is 44.1 Å². The van der Waals surface area contributed by atoms with Gasteiger partial charge in [-0.2, -0.15) is 0 Å². The molecule has 44 heavy (non-hydrogen) atoms. The van der Waals surface area contributed by atoms with Crippen LogP contribution in [0.15, 0.2) is 121 Å². The van der Waals surface area contributed by atoms with Crippen LogP contribution >= 0.6 is 0 Å². The summed E-state index contributed by atoms with van der Waals surface area (Å²) in [5, 5.41) is 6.56. The van der Waals surface area contributed by atoms with E-state index in [0.29, 0.717) is 11.8 Å². The van der Waals surface area contributed by atoms with E-state index in [0.717, 1.165) is 5.96 Å². The third kappa shape index (κ3) is 3.14. The van der Waals surface area contributed by atoms with Gasteiger partial charge in [0.2, 0.25) is 5.96 Å². The maximum Gasteiger partial charge on any atom is 0.213 e. The molecular weight excluding hydrogens is 538 g/mol. The summed E-state index contributed by atoms with van der Waals surface area (Å²) in [6.45, 7) is 2.43. The molecule has 0 radical (unpaired) electrons. The van der Waals surface area contributed by atoms with Crippen molar-refractivity contribution in [1.82, 2.24) is 9.55 Å². The second-order valence-corrected chi connectivity index (χ2v) is 13.3. The van der Waals surface area contributed by atoms with Crippen molar-refractivity contribution >= 4 is 39.1 Å². The second kappa shape index (κ2) is 8.60. The fraction of sp³-hybridized carbons (Fsp3) is 0.231. The number of benzene rings is 4. The van der Waals surface area contributed by atoms with E-state index in [4.69, 9.17) is 4.99 Å². The van der Waals surface area contributed by atoms with Crippen LogP contribution in [0.3, 0.4) is 0 Å². The van der Waals surface area contributed by atoms with E-state index in [2.05, 4.69) is 130 Å². The molecule has 0 bridgehead atoms. The van der Waals surface area contributed by atoms with Gasteiger partial charge < -0.3 is 5.32 Å². The molecule has 2 fully saturated rings. The van der Waals surface area contributed by atoms with Crippen LogP contribution in [0.2, 0.25) is 0 Å². The first kappa shape index (κ1) is 24.5. The van der Waals surface area contributed by atoms with Crippen molar-refractivity contribution in [2.24, 2.45) is 16.8 Å². The lowest BCUT2D eigenvalue weighted by atomic mass is 9.94. The van der Waals surface area contributed by atoms with Gasteiger partial charge in [-0.3, -0.25) is 14.5 Å². The first-order valence-corrected chi connectivity index (χ1v) is 16.0. The molecule has 4 atom stereocenters. The molecule has 5 nitrogen and oxygen atoms in total. The molecule has 2 saturated carbocycles. The Kier molecular flexibility index (Phi) is 4.79. The number of pyridine rings is 1. The lowest BCUT2D eigenvalue weighted by Crippen LogP contribution is -2.59. The molecule has 1 spiro atoms. The smallest absolute Gasteiger partial charge is 0.213 e. The third-order valence-electron chi connectivity index (χ3n) is 11.0. The molecule has 10 rings (SSSR count). The van der Waals surface area contributed by atoms with Crippen molar-refractivity contribution < 1.29 is 0 Å². The number of nitrogens with zero attached hydrogens (tertiary/aromatic N) is 4. The highest BCUT2D eigenvalue weighted by molar-refractivity contribution is 6.19. The number of hydrogen-bond donors (Lipinski definition) is 1. The molecule has 4 heterocycles. The summed E-state index contributed by atoms with van der Waals surface area (Å²) in [7, 11) is 0. The molecular formula is C39H33N5. The molecule has 2 aliphatic carbocycles. The van der Waals surface area contributed by atoms with E-state index in [1.54, 1.807) is 0 Å². The van der Waals surface area contributed by atoms with E-state index < -0.39 is 0 Å². The Morgan fingerprint density at radius 2 is 1.43 bits per heavy atom. The number of fused-ring (bicyclic) bond motifs is 8. The summed E-state index contributed by atoms with van der Waals surface area (Å²) in [5.74, 6) is 2.20. The summed E-state index contributed by atoms with van der Waals surface area (Å²) < 4.78 is 2.47. The van der Waals surface area contributed by atoms with Crippen LogP contribution in [-0.2, 0) is 0 Å². The van der Waals surface area contributed by atoms with Gasteiger partial charge in [0, 0.05) is 29.1 Å². The molecule has 214 valence electrons. The molecule has 4 aliphatic rings. The van der Waals surface area contributed by atoms with Gasteiger partial charge in [0.1, 0.15) is 5.66 Å². The Bertz CT molecular complexity index is 2150. The minimum Gasteiger partial charge on any atom is -0.361 e. The third-order valence-corrected chi connectivity index (χ3v) is 11.0. The van der Waals surface area contributed by atoms with Crippen LogP contribution < -0.4 is 10.2 Å². The standard InChI is InChI=1S/C39H33N5/c1-38-36-31-9-6-7-21-39(31,36)42-37(44(38)34-12-5-3-10-32(34)41-38)43-33-11-4-2-8-29(33)30-18-17-28(24-35(30)43)26-15-13-25(14-16-26)27-19-22-40-23-20-27/h2-5,8,10-20,22-24,31,36,41H,6-7,9,21H2,1H3. The molecule has 4 aromatic carbocycles. The number of aromatic nitrogens is 2. The summed E-state index contributed by atoms with van der Waals surface area (Å²) in [5.41, 5.74) is 9.44. The predicted molar refractivity (Wildman–Crippen MR) is 180 cm³/mol. The van der Waals surface area contributed by atoms with Gasteiger partial charge in [0.15, 0.2) is 0 Å². The van der Waals surface area contributed by atoms with E-state index in [1.807, 2.05) is 12.4 Å². The average Bonchev–Trinajstić information content (AvgIpc) is 3.51. The number of para-hydroxylation sites is 3.